The lowest BCUT2D eigenvalue weighted by molar-refractivity contribution is 0.419. The largest absolute Gasteiger partial charge is 0.334 e. The first-order chi connectivity index (χ1) is 12.7. The van der Waals surface area contributed by atoms with Crippen molar-refractivity contribution in [1.82, 2.24) is 19.7 Å². The Hall–Kier alpha value is -3.35. The molecule has 0 saturated carbocycles. The number of rotatable bonds is 4. The summed E-state index contributed by atoms with van der Waals surface area (Å²) in [4.78, 5) is 21.7. The molecule has 0 unspecified atom stereocenters. The lowest BCUT2D eigenvalue weighted by atomic mass is 10.2. The smallest absolute Gasteiger partial charge is 0.261 e. The van der Waals surface area contributed by atoms with Gasteiger partial charge in [0, 0.05) is 12.0 Å². The van der Waals surface area contributed by atoms with Crippen LogP contribution in [0.2, 0.25) is 0 Å². The zero-order valence-corrected chi connectivity index (χ0v) is 14.0. The average molecular weight is 350 g/mol. The summed E-state index contributed by atoms with van der Waals surface area (Å²) in [6.07, 6.45) is 0.600. The molecule has 0 bridgehead atoms. The Morgan fingerprint density at radius 3 is 2.62 bits per heavy atom. The second kappa shape index (κ2) is 6.51. The molecule has 4 aromatic rings. The highest BCUT2D eigenvalue weighted by Gasteiger charge is 2.14. The fourth-order valence-electron chi connectivity index (χ4n) is 2.82. The van der Waals surface area contributed by atoms with Crippen LogP contribution in [0.5, 0.6) is 0 Å². The minimum absolute atomic E-state index is 0.138. The first-order valence-electron chi connectivity index (χ1n) is 8.22. The van der Waals surface area contributed by atoms with Gasteiger partial charge >= 0.3 is 0 Å². The number of benzene rings is 2. The summed E-state index contributed by atoms with van der Waals surface area (Å²) in [6, 6.07) is 13.0. The fraction of sp³-hybridized carbons (Fsp3) is 0.158. The summed E-state index contributed by atoms with van der Waals surface area (Å²) in [5.41, 5.74) is 1.15. The van der Waals surface area contributed by atoms with Crippen LogP contribution in [-0.2, 0) is 13.0 Å². The quantitative estimate of drug-likeness (QED) is 0.565. The van der Waals surface area contributed by atoms with Gasteiger partial charge in [0.15, 0.2) is 5.82 Å². The molecule has 2 heterocycles. The van der Waals surface area contributed by atoms with E-state index in [-0.39, 0.29) is 23.8 Å². The van der Waals surface area contributed by atoms with Gasteiger partial charge in [0.05, 0.1) is 17.4 Å². The van der Waals surface area contributed by atoms with Crippen LogP contribution < -0.4 is 5.56 Å². The first kappa shape index (κ1) is 16.1. The summed E-state index contributed by atoms with van der Waals surface area (Å²) in [6.45, 7) is 2.09. The highest BCUT2D eigenvalue weighted by molar-refractivity contribution is 5.77. The molecule has 2 aromatic carbocycles. The molecule has 6 nitrogen and oxygen atoms in total. The van der Waals surface area contributed by atoms with E-state index in [0.717, 1.165) is 0 Å². The summed E-state index contributed by atoms with van der Waals surface area (Å²) < 4.78 is 19.8. The topological polar surface area (TPSA) is 73.8 Å². The molecule has 0 saturated heterocycles. The van der Waals surface area contributed by atoms with E-state index in [1.54, 1.807) is 22.8 Å². The zero-order valence-electron chi connectivity index (χ0n) is 14.0. The van der Waals surface area contributed by atoms with Crippen molar-refractivity contribution in [3.05, 3.63) is 76.4 Å². The van der Waals surface area contributed by atoms with Crippen LogP contribution in [0.1, 0.15) is 18.6 Å². The number of fused-ring (bicyclic) bond motifs is 1. The Labute approximate surface area is 147 Å². The van der Waals surface area contributed by atoms with Gasteiger partial charge < -0.3 is 4.52 Å². The SMILES string of the molecule is CCc1nc2ccccc2c(=O)n1Cc1noc(-c2ccc(F)cc2)n1. The number of aryl methyl sites for hydroxylation is 1. The van der Waals surface area contributed by atoms with Crippen molar-refractivity contribution in [2.45, 2.75) is 19.9 Å². The monoisotopic (exact) mass is 350 g/mol. The molecule has 0 aliphatic carbocycles. The van der Waals surface area contributed by atoms with Gasteiger partial charge in [0.2, 0.25) is 0 Å². The first-order valence-corrected chi connectivity index (χ1v) is 8.22. The Kier molecular flexibility index (Phi) is 4.04. The lowest BCUT2D eigenvalue weighted by Crippen LogP contribution is -2.26. The van der Waals surface area contributed by atoms with Crippen molar-refractivity contribution in [2.75, 3.05) is 0 Å². The van der Waals surface area contributed by atoms with Gasteiger partial charge in [0.1, 0.15) is 11.6 Å². The number of aromatic nitrogens is 4. The molecule has 130 valence electrons. The van der Waals surface area contributed by atoms with Gasteiger partial charge in [0.25, 0.3) is 11.4 Å². The molecule has 2 aromatic heterocycles. The van der Waals surface area contributed by atoms with E-state index in [0.29, 0.717) is 34.5 Å². The molecule has 0 fully saturated rings. The van der Waals surface area contributed by atoms with Crippen LogP contribution in [0.4, 0.5) is 4.39 Å². The molecule has 0 atom stereocenters. The maximum atomic E-state index is 13.0. The molecule has 0 amide bonds. The number of para-hydroxylation sites is 1. The van der Waals surface area contributed by atoms with E-state index in [4.69, 9.17) is 4.52 Å². The molecule has 0 aliphatic rings. The van der Waals surface area contributed by atoms with Crippen molar-refractivity contribution < 1.29 is 8.91 Å². The third kappa shape index (κ3) is 2.88. The van der Waals surface area contributed by atoms with Gasteiger partial charge in [-0.15, -0.1) is 0 Å². The second-order valence-corrected chi connectivity index (χ2v) is 5.81. The van der Waals surface area contributed by atoms with Crippen LogP contribution in [0, 0.1) is 5.82 Å². The van der Waals surface area contributed by atoms with Gasteiger partial charge in [-0.3, -0.25) is 9.36 Å². The highest BCUT2D eigenvalue weighted by atomic mass is 19.1. The normalized spacial score (nSPS) is 11.2. The average Bonchev–Trinajstić information content (AvgIpc) is 3.13. The molecule has 4 rings (SSSR count). The van der Waals surface area contributed by atoms with Gasteiger partial charge in [-0.2, -0.15) is 4.98 Å². The standard InChI is InChI=1S/C19H15FN4O2/c1-2-17-21-15-6-4-3-5-14(15)19(25)24(17)11-16-22-18(26-23-16)12-7-9-13(20)10-8-12/h3-10H,2,11H2,1H3. The number of nitrogens with zero attached hydrogens (tertiary/aromatic N) is 4. The predicted molar refractivity (Wildman–Crippen MR) is 94.2 cm³/mol. The Bertz CT molecular complexity index is 1130. The predicted octanol–water partition coefficient (Wildman–Crippen LogP) is 3.20. The maximum Gasteiger partial charge on any atom is 0.261 e. The van der Waals surface area contributed by atoms with Crippen molar-refractivity contribution in [2.24, 2.45) is 0 Å². The minimum atomic E-state index is -0.338. The van der Waals surface area contributed by atoms with Crippen LogP contribution >= 0.6 is 0 Å². The Morgan fingerprint density at radius 1 is 1.08 bits per heavy atom. The minimum Gasteiger partial charge on any atom is -0.334 e. The third-order valence-electron chi connectivity index (χ3n) is 4.12. The second-order valence-electron chi connectivity index (χ2n) is 5.81. The van der Waals surface area contributed by atoms with Crippen molar-refractivity contribution >= 4 is 10.9 Å². The molecule has 0 N–H and O–H groups in total. The van der Waals surface area contributed by atoms with Crippen LogP contribution in [-0.4, -0.2) is 19.7 Å². The molecule has 0 spiro atoms. The van der Waals surface area contributed by atoms with E-state index in [2.05, 4.69) is 15.1 Å². The van der Waals surface area contributed by atoms with Gasteiger partial charge in [-0.25, -0.2) is 9.37 Å². The number of halogens is 1. The van der Waals surface area contributed by atoms with Gasteiger partial charge in [-0.05, 0) is 36.4 Å². The number of hydrogen-bond donors (Lipinski definition) is 0. The van der Waals surface area contributed by atoms with E-state index in [9.17, 15) is 9.18 Å². The lowest BCUT2D eigenvalue weighted by Gasteiger charge is -2.10. The maximum absolute atomic E-state index is 13.0. The molecule has 7 heteroatoms. The molecule has 26 heavy (non-hydrogen) atoms. The van der Waals surface area contributed by atoms with Crippen LogP contribution in [0.25, 0.3) is 22.4 Å². The van der Waals surface area contributed by atoms with E-state index in [1.807, 2.05) is 25.1 Å². The van der Waals surface area contributed by atoms with Crippen molar-refractivity contribution in [3.8, 4) is 11.5 Å². The molecule has 0 aliphatic heterocycles. The Morgan fingerprint density at radius 2 is 1.85 bits per heavy atom. The molecular weight excluding hydrogens is 335 g/mol. The number of hydrogen-bond acceptors (Lipinski definition) is 5. The highest BCUT2D eigenvalue weighted by Crippen LogP contribution is 2.18. The van der Waals surface area contributed by atoms with Gasteiger partial charge in [-0.1, -0.05) is 24.2 Å². The van der Waals surface area contributed by atoms with Crippen molar-refractivity contribution in [1.29, 1.82) is 0 Å². The van der Waals surface area contributed by atoms with E-state index in [1.165, 1.54) is 12.1 Å². The summed E-state index contributed by atoms with van der Waals surface area (Å²) in [7, 11) is 0. The van der Waals surface area contributed by atoms with E-state index < -0.39 is 0 Å². The van der Waals surface area contributed by atoms with Crippen molar-refractivity contribution in [3.63, 3.8) is 0 Å². The van der Waals surface area contributed by atoms with E-state index >= 15 is 0 Å². The van der Waals surface area contributed by atoms with Crippen LogP contribution in [0.3, 0.4) is 0 Å². The summed E-state index contributed by atoms with van der Waals surface area (Å²) in [5.74, 6) is 0.953. The Balaban J connectivity index is 1.73. The summed E-state index contributed by atoms with van der Waals surface area (Å²) in [5, 5.41) is 4.49. The molecular formula is C19H15FN4O2. The summed E-state index contributed by atoms with van der Waals surface area (Å²) >= 11 is 0. The molecule has 0 radical (unpaired) electrons. The van der Waals surface area contributed by atoms with Crippen LogP contribution in [0.15, 0.2) is 57.8 Å². The zero-order chi connectivity index (χ0) is 18.1. The third-order valence-corrected chi connectivity index (χ3v) is 4.12. The fourth-order valence-corrected chi connectivity index (χ4v) is 2.82.